The van der Waals surface area contributed by atoms with Gasteiger partial charge in [-0.3, -0.25) is 4.99 Å². The molecule has 0 amide bonds. The van der Waals surface area contributed by atoms with Gasteiger partial charge in [0.05, 0.1) is 6.54 Å². The van der Waals surface area contributed by atoms with Crippen molar-refractivity contribution in [3.63, 3.8) is 0 Å². The minimum Gasteiger partial charge on any atom is -0.349 e. The Balaban J connectivity index is 1.40. The third-order valence-corrected chi connectivity index (χ3v) is 6.34. The van der Waals surface area contributed by atoms with Crippen molar-refractivity contribution in [3.8, 4) is 0 Å². The molecule has 2 unspecified atom stereocenters. The first kappa shape index (κ1) is 19.0. The fourth-order valence-electron chi connectivity index (χ4n) is 4.77. The number of hydrogen-bond donors (Lipinski definition) is 1. The summed E-state index contributed by atoms with van der Waals surface area (Å²) in [4.78, 5) is 6.98. The monoisotopic (exact) mass is 380 g/mol. The maximum absolute atomic E-state index is 4.56. The fraction of sp³-hybridized carbons (Fsp3) is 0.591. The van der Waals surface area contributed by atoms with E-state index in [0.29, 0.717) is 18.4 Å². The van der Waals surface area contributed by atoms with E-state index in [0.717, 1.165) is 43.7 Å². The van der Waals surface area contributed by atoms with Gasteiger partial charge in [-0.05, 0) is 36.7 Å². The summed E-state index contributed by atoms with van der Waals surface area (Å²) in [6.45, 7) is 6.12. The number of aromatic nitrogens is 3. The molecule has 0 saturated carbocycles. The van der Waals surface area contributed by atoms with Gasteiger partial charge in [-0.25, -0.2) is 0 Å². The molecule has 2 atom stereocenters. The molecule has 6 heteroatoms. The largest absolute Gasteiger partial charge is 0.349 e. The average Bonchev–Trinajstić information content (AvgIpc) is 3.18. The maximum Gasteiger partial charge on any atom is 0.194 e. The lowest BCUT2D eigenvalue weighted by molar-refractivity contribution is 0.215. The third-order valence-electron chi connectivity index (χ3n) is 6.34. The van der Waals surface area contributed by atoms with Crippen LogP contribution in [0.3, 0.4) is 0 Å². The molecule has 150 valence electrons. The van der Waals surface area contributed by atoms with E-state index >= 15 is 0 Å². The Bertz CT molecular complexity index is 797. The number of fused-ring (bicyclic) bond motifs is 1. The SMILES string of the molecule is CCC1CN(C(=NC)NCc2nnc3n2CCCC3)CCC1c1ccccc1. The van der Waals surface area contributed by atoms with E-state index in [1.165, 1.54) is 31.2 Å². The molecular formula is C22H32N6. The molecule has 1 N–H and O–H groups in total. The van der Waals surface area contributed by atoms with Crippen LogP contribution < -0.4 is 5.32 Å². The number of likely N-dealkylation sites (tertiary alicyclic amines) is 1. The molecule has 0 spiro atoms. The Hall–Kier alpha value is -2.37. The van der Waals surface area contributed by atoms with Crippen LogP contribution in [-0.2, 0) is 19.5 Å². The number of rotatable bonds is 4. The lowest BCUT2D eigenvalue weighted by Gasteiger charge is -2.40. The molecule has 1 aromatic carbocycles. The van der Waals surface area contributed by atoms with Gasteiger partial charge >= 0.3 is 0 Å². The summed E-state index contributed by atoms with van der Waals surface area (Å²) in [5.41, 5.74) is 1.48. The van der Waals surface area contributed by atoms with Crippen LogP contribution in [-0.4, -0.2) is 45.8 Å². The average molecular weight is 381 g/mol. The van der Waals surface area contributed by atoms with Gasteiger partial charge in [0.25, 0.3) is 0 Å². The van der Waals surface area contributed by atoms with Crippen LogP contribution in [0.2, 0.25) is 0 Å². The van der Waals surface area contributed by atoms with Crippen LogP contribution in [0.5, 0.6) is 0 Å². The van der Waals surface area contributed by atoms with Crippen molar-refractivity contribution < 1.29 is 0 Å². The van der Waals surface area contributed by atoms with Crippen molar-refractivity contribution in [3.05, 3.63) is 47.5 Å². The van der Waals surface area contributed by atoms with E-state index in [9.17, 15) is 0 Å². The van der Waals surface area contributed by atoms with Crippen molar-refractivity contribution in [2.75, 3.05) is 20.1 Å². The molecular weight excluding hydrogens is 348 g/mol. The van der Waals surface area contributed by atoms with Gasteiger partial charge in [0.1, 0.15) is 5.82 Å². The summed E-state index contributed by atoms with van der Waals surface area (Å²) >= 11 is 0. The normalized spacial score (nSPS) is 22.8. The highest BCUT2D eigenvalue weighted by molar-refractivity contribution is 5.80. The highest BCUT2D eigenvalue weighted by Crippen LogP contribution is 2.34. The molecule has 28 heavy (non-hydrogen) atoms. The van der Waals surface area contributed by atoms with Crippen LogP contribution in [0.4, 0.5) is 0 Å². The first-order chi connectivity index (χ1) is 13.8. The minimum absolute atomic E-state index is 0.643. The molecule has 0 aliphatic carbocycles. The van der Waals surface area contributed by atoms with Gasteiger partial charge < -0.3 is 14.8 Å². The second-order valence-electron chi connectivity index (χ2n) is 7.96. The topological polar surface area (TPSA) is 58.3 Å². The van der Waals surface area contributed by atoms with Crippen molar-refractivity contribution >= 4 is 5.96 Å². The first-order valence-electron chi connectivity index (χ1n) is 10.7. The number of piperidine rings is 1. The van der Waals surface area contributed by atoms with Crippen LogP contribution in [0, 0.1) is 5.92 Å². The van der Waals surface area contributed by atoms with Gasteiger partial charge in [-0.1, -0.05) is 43.7 Å². The van der Waals surface area contributed by atoms with E-state index in [1.54, 1.807) is 0 Å². The van der Waals surface area contributed by atoms with Crippen molar-refractivity contribution in [1.82, 2.24) is 25.0 Å². The number of aliphatic imine (C=N–C) groups is 1. The summed E-state index contributed by atoms with van der Waals surface area (Å²) in [7, 11) is 1.88. The predicted octanol–water partition coefficient (Wildman–Crippen LogP) is 3.21. The summed E-state index contributed by atoms with van der Waals surface area (Å²) in [6, 6.07) is 11.0. The minimum atomic E-state index is 0.643. The fourth-order valence-corrected chi connectivity index (χ4v) is 4.77. The zero-order valence-electron chi connectivity index (χ0n) is 17.1. The molecule has 1 aromatic heterocycles. The lowest BCUT2D eigenvalue weighted by Crippen LogP contribution is -2.48. The van der Waals surface area contributed by atoms with Gasteiger partial charge in [0.2, 0.25) is 0 Å². The van der Waals surface area contributed by atoms with Crippen LogP contribution in [0.25, 0.3) is 0 Å². The Morgan fingerprint density at radius 2 is 2.04 bits per heavy atom. The van der Waals surface area contributed by atoms with Gasteiger partial charge in [-0.2, -0.15) is 0 Å². The summed E-state index contributed by atoms with van der Waals surface area (Å²) in [5.74, 6) is 4.44. The highest BCUT2D eigenvalue weighted by atomic mass is 15.3. The second kappa shape index (κ2) is 8.76. The quantitative estimate of drug-likeness (QED) is 0.654. The highest BCUT2D eigenvalue weighted by Gasteiger charge is 2.30. The summed E-state index contributed by atoms with van der Waals surface area (Å²) in [5, 5.41) is 12.3. The van der Waals surface area contributed by atoms with Gasteiger partial charge in [0, 0.05) is 33.1 Å². The number of nitrogens with zero attached hydrogens (tertiary/aromatic N) is 5. The smallest absolute Gasteiger partial charge is 0.194 e. The van der Waals surface area contributed by atoms with Crippen molar-refractivity contribution in [1.29, 1.82) is 0 Å². The van der Waals surface area contributed by atoms with Gasteiger partial charge in [-0.15, -0.1) is 10.2 Å². The van der Waals surface area contributed by atoms with E-state index in [1.807, 2.05) is 7.05 Å². The third kappa shape index (κ3) is 3.91. The van der Waals surface area contributed by atoms with E-state index in [4.69, 9.17) is 0 Å². The van der Waals surface area contributed by atoms with Crippen LogP contribution >= 0.6 is 0 Å². The molecule has 4 rings (SSSR count). The predicted molar refractivity (Wildman–Crippen MR) is 112 cm³/mol. The van der Waals surface area contributed by atoms with Crippen molar-refractivity contribution in [2.45, 2.75) is 58.0 Å². The molecule has 3 heterocycles. The molecule has 2 aromatic rings. The Labute approximate surface area is 168 Å². The molecule has 1 saturated heterocycles. The molecule has 2 aliphatic rings. The molecule has 1 fully saturated rings. The van der Waals surface area contributed by atoms with E-state index in [2.05, 4.69) is 67.2 Å². The lowest BCUT2D eigenvalue weighted by atomic mass is 9.79. The maximum atomic E-state index is 4.56. The Kier molecular flexibility index (Phi) is 5.93. The number of guanidine groups is 1. The molecule has 6 nitrogen and oxygen atoms in total. The number of aryl methyl sites for hydroxylation is 1. The molecule has 2 aliphatic heterocycles. The van der Waals surface area contributed by atoms with Crippen molar-refractivity contribution in [2.24, 2.45) is 10.9 Å². The van der Waals surface area contributed by atoms with Crippen LogP contribution in [0.15, 0.2) is 35.3 Å². The van der Waals surface area contributed by atoms with E-state index in [-0.39, 0.29) is 0 Å². The molecule has 0 radical (unpaired) electrons. The standard InChI is InChI=1S/C22H32N6/c1-3-17-16-27(14-12-19(17)18-9-5-4-6-10-18)22(23-2)24-15-21-26-25-20-11-7-8-13-28(20)21/h4-6,9-10,17,19H,3,7-8,11-16H2,1-2H3,(H,23,24). The summed E-state index contributed by atoms with van der Waals surface area (Å²) < 4.78 is 2.28. The molecule has 0 bridgehead atoms. The zero-order chi connectivity index (χ0) is 19.3. The Morgan fingerprint density at radius 3 is 2.82 bits per heavy atom. The number of benzene rings is 1. The van der Waals surface area contributed by atoms with E-state index < -0.39 is 0 Å². The van der Waals surface area contributed by atoms with Crippen LogP contribution in [0.1, 0.15) is 55.7 Å². The first-order valence-corrected chi connectivity index (χ1v) is 10.7. The zero-order valence-corrected chi connectivity index (χ0v) is 17.1. The Morgan fingerprint density at radius 1 is 1.18 bits per heavy atom. The number of nitrogens with one attached hydrogen (secondary N) is 1. The summed E-state index contributed by atoms with van der Waals surface area (Å²) in [6.07, 6.45) is 5.85. The van der Waals surface area contributed by atoms with Gasteiger partial charge in [0.15, 0.2) is 11.8 Å². The number of hydrogen-bond acceptors (Lipinski definition) is 3. The second-order valence-corrected chi connectivity index (χ2v) is 7.96.